The summed E-state index contributed by atoms with van der Waals surface area (Å²) in [6.45, 7) is 2.39. The van der Waals surface area contributed by atoms with E-state index in [1.54, 1.807) is 0 Å². The summed E-state index contributed by atoms with van der Waals surface area (Å²) in [5.41, 5.74) is -0.259. The fourth-order valence-corrected chi connectivity index (χ4v) is 3.22. The molecule has 0 fully saturated rings. The van der Waals surface area contributed by atoms with Crippen LogP contribution in [0.2, 0.25) is 5.02 Å². The Labute approximate surface area is 169 Å². The molecule has 9 nitrogen and oxygen atoms in total. The van der Waals surface area contributed by atoms with Crippen LogP contribution in [-0.2, 0) is 14.4 Å². The maximum atomic E-state index is 12.8. The molecule has 1 aliphatic rings. The van der Waals surface area contributed by atoms with Gasteiger partial charge in [-0.3, -0.25) is 24.5 Å². The SMILES string of the molecule is CC(=O)Nc1ccc(/C(O)=C2\C(=O)N(C(C)=O)c3cc(Cl)ccc32)cc1[N+](=O)[O-]. The second-order valence-electron chi connectivity index (χ2n) is 6.21. The zero-order valence-corrected chi connectivity index (χ0v) is 16.0. The van der Waals surface area contributed by atoms with Crippen molar-refractivity contribution in [3.63, 3.8) is 0 Å². The molecule has 3 rings (SSSR count). The highest BCUT2D eigenvalue weighted by Gasteiger charge is 2.38. The first-order valence-corrected chi connectivity index (χ1v) is 8.64. The van der Waals surface area contributed by atoms with Crippen LogP contribution in [0.3, 0.4) is 0 Å². The van der Waals surface area contributed by atoms with Crippen molar-refractivity contribution in [1.82, 2.24) is 0 Å². The average Bonchev–Trinajstić information content (AvgIpc) is 2.91. The molecule has 1 heterocycles. The summed E-state index contributed by atoms with van der Waals surface area (Å²) in [6.07, 6.45) is 0. The number of carbonyl (C=O) groups excluding carboxylic acids is 3. The number of aliphatic hydroxyl groups is 1. The summed E-state index contributed by atoms with van der Waals surface area (Å²) in [5.74, 6) is -2.40. The molecule has 0 aliphatic carbocycles. The fraction of sp³-hybridized carbons (Fsp3) is 0.105. The van der Waals surface area contributed by atoms with Crippen molar-refractivity contribution in [2.75, 3.05) is 10.2 Å². The van der Waals surface area contributed by atoms with E-state index in [4.69, 9.17) is 11.6 Å². The molecule has 2 aromatic rings. The Bertz CT molecular complexity index is 1120. The normalized spacial score (nSPS) is 14.4. The average molecular weight is 416 g/mol. The Morgan fingerprint density at radius 2 is 1.86 bits per heavy atom. The van der Waals surface area contributed by atoms with Gasteiger partial charge < -0.3 is 10.4 Å². The smallest absolute Gasteiger partial charge is 0.293 e. The van der Waals surface area contributed by atoms with E-state index in [1.165, 1.54) is 44.2 Å². The van der Waals surface area contributed by atoms with Crippen LogP contribution in [-0.4, -0.2) is 27.8 Å². The van der Waals surface area contributed by atoms with Crippen LogP contribution >= 0.6 is 11.6 Å². The Hall–Kier alpha value is -3.72. The number of carbonyl (C=O) groups is 3. The van der Waals surface area contributed by atoms with Gasteiger partial charge in [0, 0.05) is 36.1 Å². The van der Waals surface area contributed by atoms with E-state index in [-0.39, 0.29) is 28.1 Å². The number of fused-ring (bicyclic) bond motifs is 1. The van der Waals surface area contributed by atoms with Crippen molar-refractivity contribution < 1.29 is 24.4 Å². The van der Waals surface area contributed by atoms with Gasteiger partial charge in [0.05, 0.1) is 16.2 Å². The molecule has 0 spiro atoms. The molecule has 148 valence electrons. The van der Waals surface area contributed by atoms with Crippen LogP contribution < -0.4 is 10.2 Å². The van der Waals surface area contributed by atoms with Crippen molar-refractivity contribution in [1.29, 1.82) is 0 Å². The molecule has 0 bridgehead atoms. The first-order chi connectivity index (χ1) is 13.6. The summed E-state index contributed by atoms with van der Waals surface area (Å²) in [5, 5.41) is 24.7. The van der Waals surface area contributed by atoms with Gasteiger partial charge in [-0.1, -0.05) is 17.7 Å². The number of hydrogen-bond donors (Lipinski definition) is 2. The molecule has 0 atom stereocenters. The quantitative estimate of drug-likeness (QED) is 0.341. The number of nitrogens with one attached hydrogen (secondary N) is 1. The highest BCUT2D eigenvalue weighted by molar-refractivity contribution is 6.43. The van der Waals surface area contributed by atoms with Gasteiger partial charge in [-0.2, -0.15) is 0 Å². The van der Waals surface area contributed by atoms with Gasteiger partial charge in [0.1, 0.15) is 11.4 Å². The largest absolute Gasteiger partial charge is 0.506 e. The Morgan fingerprint density at radius 1 is 1.17 bits per heavy atom. The number of benzene rings is 2. The fourth-order valence-electron chi connectivity index (χ4n) is 3.05. The second kappa shape index (κ2) is 7.36. The van der Waals surface area contributed by atoms with E-state index in [9.17, 15) is 29.6 Å². The number of imide groups is 1. The van der Waals surface area contributed by atoms with Crippen LogP contribution in [0, 0.1) is 10.1 Å². The molecule has 29 heavy (non-hydrogen) atoms. The predicted molar refractivity (Wildman–Crippen MR) is 106 cm³/mol. The Balaban J connectivity index is 2.21. The van der Waals surface area contributed by atoms with Crippen molar-refractivity contribution in [3.05, 3.63) is 62.7 Å². The van der Waals surface area contributed by atoms with E-state index in [2.05, 4.69) is 5.32 Å². The zero-order valence-electron chi connectivity index (χ0n) is 15.2. The summed E-state index contributed by atoms with van der Waals surface area (Å²) in [7, 11) is 0. The molecule has 0 aromatic heterocycles. The number of halogens is 1. The lowest BCUT2D eigenvalue weighted by atomic mass is 10.0. The lowest BCUT2D eigenvalue weighted by molar-refractivity contribution is -0.384. The minimum atomic E-state index is -0.777. The van der Waals surface area contributed by atoms with Crippen LogP contribution in [0.4, 0.5) is 17.1 Å². The standard InChI is InChI=1S/C19H14ClN3O6/c1-9(24)21-14-6-3-11(7-16(14)23(28)29)18(26)17-13-5-4-12(20)8-15(13)22(10(2)25)19(17)27/h3-8,26H,1-2H3,(H,21,24)/b18-17+. The maximum Gasteiger partial charge on any atom is 0.293 e. The number of rotatable bonds is 3. The van der Waals surface area contributed by atoms with Crippen molar-refractivity contribution in [2.45, 2.75) is 13.8 Å². The first-order valence-electron chi connectivity index (χ1n) is 8.26. The molecule has 1 aliphatic heterocycles. The van der Waals surface area contributed by atoms with E-state index >= 15 is 0 Å². The third kappa shape index (κ3) is 3.55. The number of nitro benzene ring substituents is 1. The number of amides is 3. The van der Waals surface area contributed by atoms with Crippen molar-refractivity contribution in [2.24, 2.45) is 0 Å². The molecule has 2 aromatic carbocycles. The topological polar surface area (TPSA) is 130 Å². The lowest BCUT2D eigenvalue weighted by Crippen LogP contribution is -2.31. The van der Waals surface area contributed by atoms with Gasteiger partial charge in [-0.05, 0) is 24.3 Å². The molecule has 10 heteroatoms. The van der Waals surface area contributed by atoms with Crippen molar-refractivity contribution >= 4 is 57.7 Å². The monoisotopic (exact) mass is 415 g/mol. The minimum Gasteiger partial charge on any atom is -0.506 e. The maximum absolute atomic E-state index is 12.8. The summed E-state index contributed by atoms with van der Waals surface area (Å²) < 4.78 is 0. The summed E-state index contributed by atoms with van der Waals surface area (Å²) in [6, 6.07) is 7.99. The number of nitrogens with zero attached hydrogens (tertiary/aromatic N) is 2. The van der Waals surface area contributed by atoms with Crippen LogP contribution in [0.5, 0.6) is 0 Å². The summed E-state index contributed by atoms with van der Waals surface area (Å²) >= 11 is 5.96. The summed E-state index contributed by atoms with van der Waals surface area (Å²) in [4.78, 5) is 47.5. The Kier molecular flexibility index (Phi) is 5.08. The molecular formula is C19H14ClN3O6. The van der Waals surface area contributed by atoms with E-state index in [0.29, 0.717) is 5.02 Å². The van der Waals surface area contributed by atoms with Crippen LogP contribution in [0.15, 0.2) is 36.4 Å². The highest BCUT2D eigenvalue weighted by atomic mass is 35.5. The van der Waals surface area contributed by atoms with E-state index in [0.717, 1.165) is 11.0 Å². The minimum absolute atomic E-state index is 0.0274. The first kappa shape index (κ1) is 20.0. The number of nitro groups is 1. The molecule has 0 radical (unpaired) electrons. The van der Waals surface area contributed by atoms with Crippen LogP contribution in [0.1, 0.15) is 25.0 Å². The van der Waals surface area contributed by atoms with Crippen molar-refractivity contribution in [3.8, 4) is 0 Å². The predicted octanol–water partition coefficient (Wildman–Crippen LogP) is 3.53. The van der Waals surface area contributed by atoms with Gasteiger partial charge in [0.2, 0.25) is 11.8 Å². The van der Waals surface area contributed by atoms with E-state index in [1.807, 2.05) is 0 Å². The molecule has 0 saturated heterocycles. The molecule has 2 N–H and O–H groups in total. The third-order valence-corrected chi connectivity index (χ3v) is 4.45. The molecule has 3 amide bonds. The number of aliphatic hydroxyl groups excluding tert-OH is 1. The van der Waals surface area contributed by atoms with Gasteiger partial charge in [-0.15, -0.1) is 0 Å². The van der Waals surface area contributed by atoms with E-state index < -0.39 is 34.1 Å². The van der Waals surface area contributed by atoms with Gasteiger partial charge >= 0.3 is 0 Å². The number of hydrogen-bond acceptors (Lipinski definition) is 6. The molecular weight excluding hydrogens is 402 g/mol. The third-order valence-electron chi connectivity index (χ3n) is 4.22. The molecule has 0 unspecified atom stereocenters. The second-order valence-corrected chi connectivity index (χ2v) is 6.65. The van der Waals surface area contributed by atoms with Gasteiger partial charge in [0.15, 0.2) is 0 Å². The van der Waals surface area contributed by atoms with Crippen LogP contribution in [0.25, 0.3) is 11.3 Å². The van der Waals surface area contributed by atoms with Gasteiger partial charge in [-0.25, -0.2) is 4.90 Å². The molecule has 0 saturated carbocycles. The Morgan fingerprint density at radius 3 is 2.45 bits per heavy atom. The van der Waals surface area contributed by atoms with Gasteiger partial charge in [0.25, 0.3) is 11.6 Å². The lowest BCUT2D eigenvalue weighted by Gasteiger charge is -2.12. The number of anilines is 2. The highest BCUT2D eigenvalue weighted by Crippen LogP contribution is 2.42. The zero-order chi connectivity index (χ0) is 21.5.